The van der Waals surface area contributed by atoms with E-state index in [0.717, 1.165) is 22.5 Å². The van der Waals surface area contributed by atoms with Crippen LogP contribution in [-0.2, 0) is 21.2 Å². The van der Waals surface area contributed by atoms with Crippen LogP contribution in [0.15, 0.2) is 78.9 Å². The van der Waals surface area contributed by atoms with Crippen LogP contribution in [-0.4, -0.2) is 27.1 Å². The molecule has 3 rings (SSSR count). The molecule has 0 aliphatic heterocycles. The van der Waals surface area contributed by atoms with E-state index in [0.29, 0.717) is 22.9 Å². The van der Waals surface area contributed by atoms with Crippen molar-refractivity contribution in [3.05, 3.63) is 84.4 Å². The molecule has 0 bridgehead atoms. The van der Waals surface area contributed by atoms with Crippen LogP contribution in [0.25, 0.3) is 0 Å². The lowest BCUT2D eigenvalue weighted by Crippen LogP contribution is -2.37. The Hall–Kier alpha value is -3.32. The molecule has 0 saturated carbocycles. The van der Waals surface area contributed by atoms with Gasteiger partial charge >= 0.3 is 0 Å². The standard InChI is InChI=1S/C23H24N2O4S/c1-3-18-9-11-19(12-10-18)24-23(26)17-25(30(2,27)28)20-13-15-22(16-14-20)29-21-7-5-4-6-8-21/h4-16H,3,17H2,1-2H3,(H,24,26). The average Bonchev–Trinajstić information content (AvgIpc) is 2.73. The Kier molecular flexibility index (Phi) is 6.74. The van der Waals surface area contributed by atoms with Gasteiger partial charge in [0.15, 0.2) is 0 Å². The molecule has 6 nitrogen and oxygen atoms in total. The molecular weight excluding hydrogens is 400 g/mol. The van der Waals surface area contributed by atoms with Crippen molar-refractivity contribution in [1.82, 2.24) is 0 Å². The molecule has 7 heteroatoms. The molecule has 0 saturated heterocycles. The van der Waals surface area contributed by atoms with Crippen LogP contribution in [0, 0.1) is 0 Å². The lowest BCUT2D eigenvalue weighted by Gasteiger charge is -2.22. The number of nitrogens with one attached hydrogen (secondary N) is 1. The number of benzene rings is 3. The third kappa shape index (κ3) is 5.84. The van der Waals surface area contributed by atoms with Crippen molar-refractivity contribution >= 4 is 27.3 Å². The first-order chi connectivity index (χ1) is 14.3. The first kappa shape index (κ1) is 21.4. The second kappa shape index (κ2) is 9.45. The Morgan fingerprint density at radius 1 is 0.900 bits per heavy atom. The molecule has 30 heavy (non-hydrogen) atoms. The van der Waals surface area contributed by atoms with Gasteiger partial charge in [-0.1, -0.05) is 37.3 Å². The van der Waals surface area contributed by atoms with Crippen molar-refractivity contribution in [2.45, 2.75) is 13.3 Å². The van der Waals surface area contributed by atoms with E-state index in [1.54, 1.807) is 36.4 Å². The number of carbonyl (C=O) groups is 1. The van der Waals surface area contributed by atoms with Crippen molar-refractivity contribution < 1.29 is 17.9 Å². The van der Waals surface area contributed by atoms with Crippen molar-refractivity contribution in [3.63, 3.8) is 0 Å². The number of hydrogen-bond acceptors (Lipinski definition) is 4. The first-order valence-electron chi connectivity index (χ1n) is 9.54. The summed E-state index contributed by atoms with van der Waals surface area (Å²) in [6.45, 7) is 1.72. The quantitative estimate of drug-likeness (QED) is 0.580. The van der Waals surface area contributed by atoms with Gasteiger partial charge in [0.1, 0.15) is 18.0 Å². The van der Waals surface area contributed by atoms with Gasteiger partial charge in [-0.25, -0.2) is 8.42 Å². The van der Waals surface area contributed by atoms with E-state index in [9.17, 15) is 13.2 Å². The molecule has 0 unspecified atom stereocenters. The van der Waals surface area contributed by atoms with Crippen LogP contribution in [0.4, 0.5) is 11.4 Å². The van der Waals surface area contributed by atoms with Crippen LogP contribution in [0.3, 0.4) is 0 Å². The van der Waals surface area contributed by atoms with Gasteiger partial charge in [0.2, 0.25) is 15.9 Å². The Morgan fingerprint density at radius 2 is 1.50 bits per heavy atom. The Bertz CT molecular complexity index is 1080. The molecule has 0 heterocycles. The molecule has 3 aromatic carbocycles. The van der Waals surface area contributed by atoms with Crippen LogP contribution in [0.5, 0.6) is 11.5 Å². The minimum atomic E-state index is -3.66. The van der Waals surface area contributed by atoms with Crippen LogP contribution >= 0.6 is 0 Å². The highest BCUT2D eigenvalue weighted by Gasteiger charge is 2.21. The van der Waals surface area contributed by atoms with E-state index in [4.69, 9.17) is 4.74 Å². The van der Waals surface area contributed by atoms with E-state index in [2.05, 4.69) is 5.32 Å². The highest BCUT2D eigenvalue weighted by Crippen LogP contribution is 2.25. The summed E-state index contributed by atoms with van der Waals surface area (Å²) in [4.78, 5) is 12.5. The van der Waals surface area contributed by atoms with Crippen LogP contribution in [0.2, 0.25) is 0 Å². The fourth-order valence-electron chi connectivity index (χ4n) is 2.86. The molecule has 1 N–H and O–H groups in total. The lowest BCUT2D eigenvalue weighted by atomic mass is 10.1. The van der Waals surface area contributed by atoms with Crippen molar-refractivity contribution in [2.24, 2.45) is 0 Å². The molecule has 3 aromatic rings. The molecular formula is C23H24N2O4S. The number of sulfonamides is 1. The smallest absolute Gasteiger partial charge is 0.245 e. The summed E-state index contributed by atoms with van der Waals surface area (Å²) < 4.78 is 31.4. The fraction of sp³-hybridized carbons (Fsp3) is 0.174. The summed E-state index contributed by atoms with van der Waals surface area (Å²) in [6, 6.07) is 23.3. The zero-order valence-corrected chi connectivity index (χ0v) is 17.7. The zero-order valence-electron chi connectivity index (χ0n) is 16.9. The van der Waals surface area contributed by atoms with Gasteiger partial charge in [0.25, 0.3) is 0 Å². The summed E-state index contributed by atoms with van der Waals surface area (Å²) in [5.41, 5.74) is 2.16. The van der Waals surface area contributed by atoms with E-state index in [-0.39, 0.29) is 6.54 Å². The fourth-order valence-corrected chi connectivity index (χ4v) is 3.72. The Morgan fingerprint density at radius 3 is 2.07 bits per heavy atom. The zero-order chi connectivity index (χ0) is 21.6. The number of aryl methyl sites for hydroxylation is 1. The van der Waals surface area contributed by atoms with Gasteiger partial charge in [-0.05, 0) is 60.5 Å². The lowest BCUT2D eigenvalue weighted by molar-refractivity contribution is -0.114. The number of carbonyl (C=O) groups excluding carboxylic acids is 1. The maximum atomic E-state index is 12.5. The molecule has 0 radical (unpaired) electrons. The number of para-hydroxylation sites is 1. The van der Waals surface area contributed by atoms with Gasteiger partial charge in [-0.3, -0.25) is 9.10 Å². The summed E-state index contributed by atoms with van der Waals surface area (Å²) >= 11 is 0. The number of anilines is 2. The predicted molar refractivity (Wildman–Crippen MR) is 120 cm³/mol. The topological polar surface area (TPSA) is 75.7 Å². The molecule has 1 amide bonds. The van der Waals surface area contributed by atoms with Crippen LogP contribution < -0.4 is 14.4 Å². The maximum absolute atomic E-state index is 12.5. The Balaban J connectivity index is 1.71. The third-order valence-electron chi connectivity index (χ3n) is 4.44. The van der Waals surface area contributed by atoms with Crippen molar-refractivity contribution in [3.8, 4) is 11.5 Å². The number of amides is 1. The van der Waals surface area contributed by atoms with Gasteiger partial charge < -0.3 is 10.1 Å². The molecule has 156 valence electrons. The van der Waals surface area contributed by atoms with E-state index >= 15 is 0 Å². The number of nitrogens with zero attached hydrogens (tertiary/aromatic N) is 1. The van der Waals surface area contributed by atoms with Gasteiger partial charge in [-0.15, -0.1) is 0 Å². The summed E-state index contributed by atoms with van der Waals surface area (Å²) in [6.07, 6.45) is 1.98. The van der Waals surface area contributed by atoms with Gasteiger partial charge in [0, 0.05) is 5.69 Å². The normalized spacial score (nSPS) is 11.0. The molecule has 0 fully saturated rings. The van der Waals surface area contributed by atoms with Crippen molar-refractivity contribution in [1.29, 1.82) is 0 Å². The summed E-state index contributed by atoms with van der Waals surface area (Å²) in [7, 11) is -3.66. The molecule has 0 spiro atoms. The maximum Gasteiger partial charge on any atom is 0.245 e. The molecule has 0 aliphatic carbocycles. The van der Waals surface area contributed by atoms with Crippen LogP contribution in [0.1, 0.15) is 12.5 Å². The predicted octanol–water partition coefficient (Wildman–Crippen LogP) is 4.45. The van der Waals surface area contributed by atoms with E-state index in [1.807, 2.05) is 49.4 Å². The highest BCUT2D eigenvalue weighted by molar-refractivity contribution is 7.92. The van der Waals surface area contributed by atoms with Gasteiger partial charge in [-0.2, -0.15) is 0 Å². The minimum Gasteiger partial charge on any atom is -0.457 e. The van der Waals surface area contributed by atoms with E-state index < -0.39 is 15.9 Å². The average molecular weight is 425 g/mol. The first-order valence-corrected chi connectivity index (χ1v) is 11.4. The molecule has 0 aliphatic rings. The monoisotopic (exact) mass is 424 g/mol. The number of ether oxygens (including phenoxy) is 1. The third-order valence-corrected chi connectivity index (χ3v) is 5.58. The number of hydrogen-bond donors (Lipinski definition) is 1. The Labute approximate surface area is 177 Å². The molecule has 0 atom stereocenters. The molecule has 0 aromatic heterocycles. The second-order valence-electron chi connectivity index (χ2n) is 6.78. The second-order valence-corrected chi connectivity index (χ2v) is 8.68. The van der Waals surface area contributed by atoms with Gasteiger partial charge in [0.05, 0.1) is 11.9 Å². The largest absolute Gasteiger partial charge is 0.457 e. The summed E-state index contributed by atoms with van der Waals surface area (Å²) in [5.74, 6) is 0.826. The van der Waals surface area contributed by atoms with E-state index in [1.165, 1.54) is 0 Å². The SMILES string of the molecule is CCc1ccc(NC(=O)CN(c2ccc(Oc3ccccc3)cc2)S(C)(=O)=O)cc1. The summed E-state index contributed by atoms with van der Waals surface area (Å²) in [5, 5.41) is 2.74. The highest BCUT2D eigenvalue weighted by atomic mass is 32.2. The number of rotatable bonds is 8. The van der Waals surface area contributed by atoms with Crippen molar-refractivity contribution in [2.75, 3.05) is 22.4 Å². The minimum absolute atomic E-state index is 0.326.